The van der Waals surface area contributed by atoms with Crippen LogP contribution in [-0.2, 0) is 6.42 Å². The van der Waals surface area contributed by atoms with Gasteiger partial charge in [-0.1, -0.05) is 0 Å². The van der Waals surface area contributed by atoms with Crippen LogP contribution in [0.5, 0.6) is 0 Å². The first-order valence-corrected chi connectivity index (χ1v) is 7.15. The zero-order valence-electron chi connectivity index (χ0n) is 12.3. The smallest absolute Gasteiger partial charge is 0.0922 e. The molecule has 5 nitrogen and oxygen atoms in total. The highest BCUT2D eigenvalue weighted by Gasteiger charge is 2.20. The van der Waals surface area contributed by atoms with Crippen molar-refractivity contribution in [3.05, 3.63) is 29.5 Å². The molecule has 0 aliphatic carbocycles. The Kier molecular flexibility index (Phi) is 3.53. The zero-order chi connectivity index (χ0) is 14.1. The van der Waals surface area contributed by atoms with Crippen LogP contribution in [0.25, 0.3) is 11.3 Å². The van der Waals surface area contributed by atoms with Crippen LogP contribution in [0.15, 0.2) is 12.4 Å². The predicted molar refractivity (Wildman–Crippen MR) is 78.4 cm³/mol. The molecule has 1 fully saturated rings. The van der Waals surface area contributed by atoms with Crippen molar-refractivity contribution < 1.29 is 0 Å². The summed E-state index contributed by atoms with van der Waals surface area (Å²) in [7, 11) is 2.18. The van der Waals surface area contributed by atoms with Crippen LogP contribution in [0.4, 0.5) is 0 Å². The molecule has 0 aromatic carbocycles. The molecule has 3 rings (SSSR count). The van der Waals surface area contributed by atoms with E-state index >= 15 is 0 Å². The second-order valence-corrected chi connectivity index (χ2v) is 5.82. The van der Waals surface area contributed by atoms with Gasteiger partial charge in [-0.25, -0.2) is 0 Å². The van der Waals surface area contributed by atoms with Gasteiger partial charge in [-0.2, -0.15) is 5.10 Å². The van der Waals surface area contributed by atoms with Gasteiger partial charge in [0.2, 0.25) is 0 Å². The number of hydrogen-bond donors (Lipinski definition) is 1. The van der Waals surface area contributed by atoms with Gasteiger partial charge in [-0.15, -0.1) is 0 Å². The zero-order valence-corrected chi connectivity index (χ0v) is 12.3. The Balaban J connectivity index is 1.75. The lowest BCUT2D eigenvalue weighted by Crippen LogP contribution is -2.15. The Hall–Kier alpha value is -1.75. The summed E-state index contributed by atoms with van der Waals surface area (Å²) in [4.78, 5) is 11.5. The van der Waals surface area contributed by atoms with Gasteiger partial charge in [0.05, 0.1) is 23.3 Å². The Morgan fingerprint density at radius 3 is 2.70 bits per heavy atom. The van der Waals surface area contributed by atoms with Crippen molar-refractivity contribution in [1.82, 2.24) is 25.1 Å². The van der Waals surface area contributed by atoms with Crippen LogP contribution in [0.2, 0.25) is 0 Å². The lowest BCUT2D eigenvalue weighted by molar-refractivity contribution is 0.393. The minimum Gasteiger partial charge on any atom is -0.306 e. The molecule has 2 aromatic heterocycles. The molecule has 0 amide bonds. The molecule has 3 heterocycles. The fourth-order valence-electron chi connectivity index (χ4n) is 3.01. The van der Waals surface area contributed by atoms with Crippen molar-refractivity contribution in [3.8, 4) is 11.3 Å². The quantitative estimate of drug-likeness (QED) is 0.927. The molecule has 0 unspecified atom stereocenters. The Morgan fingerprint density at radius 1 is 1.30 bits per heavy atom. The molecule has 0 bridgehead atoms. The molecular weight excluding hydrogens is 250 g/mol. The van der Waals surface area contributed by atoms with Crippen LogP contribution >= 0.6 is 0 Å². The van der Waals surface area contributed by atoms with Crippen molar-refractivity contribution in [1.29, 1.82) is 0 Å². The fourth-order valence-corrected chi connectivity index (χ4v) is 3.01. The Bertz CT molecular complexity index is 567. The number of aryl methyl sites for hydroxylation is 2. The average molecular weight is 271 g/mol. The first kappa shape index (κ1) is 13.2. The number of rotatable bonds is 3. The first-order valence-electron chi connectivity index (χ1n) is 7.15. The molecule has 2 aromatic rings. The maximum absolute atomic E-state index is 4.58. The largest absolute Gasteiger partial charge is 0.306 e. The second kappa shape index (κ2) is 5.32. The molecule has 0 spiro atoms. The SMILES string of the molecule is Cc1n[nH]c(C)c1-c1cnc(C[C@@H]2CCN(C)C2)cn1. The number of hydrogen-bond acceptors (Lipinski definition) is 4. The van der Waals surface area contributed by atoms with E-state index < -0.39 is 0 Å². The maximum Gasteiger partial charge on any atom is 0.0922 e. The van der Waals surface area contributed by atoms with Crippen molar-refractivity contribution in [2.75, 3.05) is 20.1 Å². The Morgan fingerprint density at radius 2 is 2.15 bits per heavy atom. The summed E-state index contributed by atoms with van der Waals surface area (Å²) in [6, 6.07) is 0. The summed E-state index contributed by atoms with van der Waals surface area (Å²) < 4.78 is 0. The van der Waals surface area contributed by atoms with E-state index in [2.05, 4.69) is 32.1 Å². The van der Waals surface area contributed by atoms with E-state index in [0.29, 0.717) is 0 Å². The number of likely N-dealkylation sites (tertiary alicyclic amines) is 1. The van der Waals surface area contributed by atoms with Gasteiger partial charge in [0.1, 0.15) is 0 Å². The van der Waals surface area contributed by atoms with Crippen LogP contribution in [0.1, 0.15) is 23.5 Å². The monoisotopic (exact) mass is 271 g/mol. The number of nitrogens with one attached hydrogen (secondary N) is 1. The summed E-state index contributed by atoms with van der Waals surface area (Å²) in [6.07, 6.45) is 6.08. The molecule has 106 valence electrons. The van der Waals surface area contributed by atoms with Gasteiger partial charge >= 0.3 is 0 Å². The highest BCUT2D eigenvalue weighted by Crippen LogP contribution is 2.23. The Labute approximate surface area is 119 Å². The lowest BCUT2D eigenvalue weighted by atomic mass is 10.0. The number of aromatic nitrogens is 4. The summed E-state index contributed by atoms with van der Waals surface area (Å²) in [6.45, 7) is 6.37. The molecule has 0 radical (unpaired) electrons. The summed E-state index contributed by atoms with van der Waals surface area (Å²) >= 11 is 0. The van der Waals surface area contributed by atoms with Gasteiger partial charge in [0.25, 0.3) is 0 Å². The topological polar surface area (TPSA) is 57.7 Å². The minimum atomic E-state index is 0.720. The summed E-state index contributed by atoms with van der Waals surface area (Å²) in [5.74, 6) is 0.720. The molecular formula is C15H21N5. The van der Waals surface area contributed by atoms with E-state index in [9.17, 15) is 0 Å². The van der Waals surface area contributed by atoms with Gasteiger partial charge < -0.3 is 4.90 Å². The molecule has 5 heteroatoms. The number of nitrogens with zero attached hydrogens (tertiary/aromatic N) is 4. The fraction of sp³-hybridized carbons (Fsp3) is 0.533. The molecule has 1 atom stereocenters. The summed E-state index contributed by atoms with van der Waals surface area (Å²) in [5.41, 5.74) is 5.09. The van der Waals surface area contributed by atoms with Crippen LogP contribution < -0.4 is 0 Å². The standard InChI is InChI=1S/C15H21N5/c1-10-15(11(2)19-18-10)14-8-16-13(7-17-14)6-12-4-5-20(3)9-12/h7-8,12H,4-6,9H2,1-3H3,(H,18,19)/t12-/m0/s1. The average Bonchev–Trinajstić information content (AvgIpc) is 2.98. The van der Waals surface area contributed by atoms with Crippen molar-refractivity contribution in [3.63, 3.8) is 0 Å². The molecule has 1 N–H and O–H groups in total. The van der Waals surface area contributed by atoms with E-state index in [1.54, 1.807) is 0 Å². The summed E-state index contributed by atoms with van der Waals surface area (Å²) in [5, 5.41) is 7.20. The predicted octanol–water partition coefficient (Wildman–Crippen LogP) is 1.98. The van der Waals surface area contributed by atoms with E-state index in [4.69, 9.17) is 0 Å². The second-order valence-electron chi connectivity index (χ2n) is 5.82. The van der Waals surface area contributed by atoms with Gasteiger partial charge in [-0.3, -0.25) is 15.1 Å². The maximum atomic E-state index is 4.58. The highest BCUT2D eigenvalue weighted by molar-refractivity contribution is 5.63. The highest BCUT2D eigenvalue weighted by atomic mass is 15.1. The van der Waals surface area contributed by atoms with E-state index in [0.717, 1.165) is 40.7 Å². The van der Waals surface area contributed by atoms with E-state index in [-0.39, 0.29) is 0 Å². The van der Waals surface area contributed by atoms with Crippen LogP contribution in [0.3, 0.4) is 0 Å². The third-order valence-electron chi connectivity index (χ3n) is 4.08. The minimum absolute atomic E-state index is 0.720. The van der Waals surface area contributed by atoms with Crippen molar-refractivity contribution >= 4 is 0 Å². The lowest BCUT2D eigenvalue weighted by Gasteiger charge is -2.09. The third kappa shape index (κ3) is 2.58. The van der Waals surface area contributed by atoms with Gasteiger partial charge in [0, 0.05) is 24.0 Å². The molecule has 1 aliphatic heterocycles. The molecule has 20 heavy (non-hydrogen) atoms. The van der Waals surface area contributed by atoms with Crippen LogP contribution in [-0.4, -0.2) is 45.2 Å². The molecule has 1 aliphatic rings. The van der Waals surface area contributed by atoms with E-state index in [1.807, 2.05) is 26.2 Å². The normalized spacial score (nSPS) is 19.6. The first-order chi connectivity index (χ1) is 9.63. The van der Waals surface area contributed by atoms with Gasteiger partial charge in [0.15, 0.2) is 0 Å². The third-order valence-corrected chi connectivity index (χ3v) is 4.08. The number of H-pyrrole nitrogens is 1. The van der Waals surface area contributed by atoms with Crippen molar-refractivity contribution in [2.45, 2.75) is 26.7 Å². The molecule has 0 saturated carbocycles. The van der Waals surface area contributed by atoms with Crippen LogP contribution in [0, 0.1) is 19.8 Å². The van der Waals surface area contributed by atoms with E-state index in [1.165, 1.54) is 19.5 Å². The van der Waals surface area contributed by atoms with Gasteiger partial charge in [-0.05, 0) is 46.2 Å². The molecule has 1 saturated heterocycles. The van der Waals surface area contributed by atoms with Crippen molar-refractivity contribution in [2.24, 2.45) is 5.92 Å². The number of aromatic amines is 1.